The highest BCUT2D eigenvalue weighted by Crippen LogP contribution is 2.16. The van der Waals surface area contributed by atoms with Crippen molar-refractivity contribution in [2.24, 2.45) is 0 Å². The van der Waals surface area contributed by atoms with Crippen molar-refractivity contribution in [2.45, 2.75) is 245 Å². The van der Waals surface area contributed by atoms with Crippen molar-refractivity contribution >= 4 is 11.9 Å². The number of carbonyl (C=O) groups is 2. The fraction of sp³-hybridized carbons (Fsp3) is 0.952. The molecule has 0 aromatic rings. The summed E-state index contributed by atoms with van der Waals surface area (Å²) in [6.07, 6.45) is 43.1. The fourth-order valence-electron chi connectivity index (χ4n) is 6.44. The van der Waals surface area contributed by atoms with Crippen LogP contribution in [0.3, 0.4) is 0 Å². The van der Waals surface area contributed by atoms with Crippen LogP contribution in [0.4, 0.5) is 0 Å². The van der Waals surface area contributed by atoms with Gasteiger partial charge in [-0.15, -0.1) is 0 Å². The minimum Gasteiger partial charge on any atom is -0.462 e. The molecule has 0 unspecified atom stereocenters. The Balaban J connectivity index is 3.47. The van der Waals surface area contributed by atoms with Crippen LogP contribution in [0.25, 0.3) is 0 Å². The fourth-order valence-corrected chi connectivity index (χ4v) is 6.44. The van der Waals surface area contributed by atoms with Gasteiger partial charge in [0.2, 0.25) is 0 Å². The number of aliphatic hydroxyl groups excluding tert-OH is 1. The molecule has 5 heteroatoms. The van der Waals surface area contributed by atoms with Crippen LogP contribution in [-0.2, 0) is 19.1 Å². The molecule has 47 heavy (non-hydrogen) atoms. The lowest BCUT2D eigenvalue weighted by atomic mass is 10.0. The number of hydrogen-bond donors (Lipinski definition) is 1. The van der Waals surface area contributed by atoms with Crippen molar-refractivity contribution in [3.63, 3.8) is 0 Å². The van der Waals surface area contributed by atoms with Crippen molar-refractivity contribution in [3.8, 4) is 0 Å². The van der Waals surface area contributed by atoms with Crippen LogP contribution in [0.1, 0.15) is 239 Å². The molecule has 0 saturated carbocycles. The van der Waals surface area contributed by atoms with Gasteiger partial charge in [0.15, 0.2) is 6.10 Å². The Labute approximate surface area is 293 Å². The van der Waals surface area contributed by atoms with E-state index in [1.807, 2.05) is 0 Å². The van der Waals surface area contributed by atoms with Gasteiger partial charge in [-0.1, -0.05) is 213 Å². The van der Waals surface area contributed by atoms with Gasteiger partial charge in [0.1, 0.15) is 6.61 Å². The topological polar surface area (TPSA) is 72.8 Å². The van der Waals surface area contributed by atoms with Crippen molar-refractivity contribution in [1.82, 2.24) is 0 Å². The molecule has 0 aliphatic rings. The molecule has 5 nitrogen and oxygen atoms in total. The molecule has 0 aromatic carbocycles. The van der Waals surface area contributed by atoms with E-state index in [1.54, 1.807) is 0 Å². The van der Waals surface area contributed by atoms with E-state index in [0.717, 1.165) is 32.1 Å². The Morgan fingerprint density at radius 2 is 0.660 bits per heavy atom. The van der Waals surface area contributed by atoms with Gasteiger partial charge in [0.05, 0.1) is 6.61 Å². The first-order valence-corrected chi connectivity index (χ1v) is 21.1. The Bertz CT molecular complexity index is 637. The van der Waals surface area contributed by atoms with E-state index in [-0.39, 0.29) is 25.2 Å². The van der Waals surface area contributed by atoms with Crippen molar-refractivity contribution in [2.75, 3.05) is 13.2 Å². The van der Waals surface area contributed by atoms with Crippen LogP contribution in [0, 0.1) is 0 Å². The van der Waals surface area contributed by atoms with E-state index in [0.29, 0.717) is 12.8 Å². The number of ether oxygens (including phenoxy) is 2. The van der Waals surface area contributed by atoms with E-state index in [2.05, 4.69) is 13.8 Å². The predicted octanol–water partition coefficient (Wildman–Crippen LogP) is 13.1. The summed E-state index contributed by atoms with van der Waals surface area (Å²) in [5.74, 6) is -0.572. The molecule has 0 heterocycles. The molecular formula is C42H82O5. The van der Waals surface area contributed by atoms with Gasteiger partial charge in [0, 0.05) is 12.8 Å². The molecule has 0 aliphatic heterocycles. The molecule has 0 spiro atoms. The lowest BCUT2D eigenvalue weighted by Gasteiger charge is -2.15. The molecule has 280 valence electrons. The third-order valence-corrected chi connectivity index (χ3v) is 9.65. The third kappa shape index (κ3) is 37.6. The minimum absolute atomic E-state index is 0.0566. The molecule has 0 bridgehead atoms. The number of unbranched alkanes of at least 4 members (excludes halogenated alkanes) is 31. The highest BCUT2D eigenvalue weighted by molar-refractivity contribution is 5.70. The van der Waals surface area contributed by atoms with E-state index < -0.39 is 6.10 Å². The summed E-state index contributed by atoms with van der Waals surface area (Å²) in [6.45, 7) is 4.17. The normalized spacial score (nSPS) is 12.0. The second-order valence-corrected chi connectivity index (χ2v) is 14.4. The highest BCUT2D eigenvalue weighted by atomic mass is 16.6. The van der Waals surface area contributed by atoms with Crippen LogP contribution in [-0.4, -0.2) is 36.4 Å². The first kappa shape index (κ1) is 45.9. The molecule has 0 amide bonds. The second kappa shape index (κ2) is 39.3. The summed E-state index contributed by atoms with van der Waals surface area (Å²) >= 11 is 0. The van der Waals surface area contributed by atoms with Crippen LogP contribution < -0.4 is 0 Å². The van der Waals surface area contributed by atoms with E-state index in [4.69, 9.17) is 9.47 Å². The van der Waals surface area contributed by atoms with Crippen molar-refractivity contribution in [1.29, 1.82) is 0 Å². The maximum atomic E-state index is 12.2. The van der Waals surface area contributed by atoms with Gasteiger partial charge in [-0.3, -0.25) is 9.59 Å². The van der Waals surface area contributed by atoms with Gasteiger partial charge >= 0.3 is 11.9 Å². The summed E-state index contributed by atoms with van der Waals surface area (Å²) in [5, 5.41) is 9.56. The largest absolute Gasteiger partial charge is 0.462 e. The molecule has 1 atom stereocenters. The maximum Gasteiger partial charge on any atom is 0.306 e. The van der Waals surface area contributed by atoms with Crippen LogP contribution in [0.15, 0.2) is 0 Å². The van der Waals surface area contributed by atoms with Crippen molar-refractivity contribution < 1.29 is 24.2 Å². The molecule has 0 rings (SSSR count). The summed E-state index contributed by atoms with van der Waals surface area (Å²) in [4.78, 5) is 24.3. The Morgan fingerprint density at radius 3 is 0.936 bits per heavy atom. The zero-order chi connectivity index (χ0) is 34.3. The zero-order valence-electron chi connectivity index (χ0n) is 31.8. The smallest absolute Gasteiger partial charge is 0.306 e. The zero-order valence-corrected chi connectivity index (χ0v) is 31.8. The average Bonchev–Trinajstić information content (AvgIpc) is 3.07. The van der Waals surface area contributed by atoms with Crippen LogP contribution in [0.2, 0.25) is 0 Å². The van der Waals surface area contributed by atoms with E-state index in [1.165, 1.54) is 180 Å². The molecule has 0 saturated heterocycles. The molecular weight excluding hydrogens is 584 g/mol. The Hall–Kier alpha value is -1.10. The quantitative estimate of drug-likeness (QED) is 0.0522. The second-order valence-electron chi connectivity index (χ2n) is 14.4. The molecule has 1 N–H and O–H groups in total. The molecule has 0 radical (unpaired) electrons. The van der Waals surface area contributed by atoms with Gasteiger partial charge in [0.25, 0.3) is 0 Å². The minimum atomic E-state index is -0.761. The monoisotopic (exact) mass is 667 g/mol. The standard InChI is InChI=1S/C42H82O5/c1-3-5-7-9-11-13-15-17-19-21-23-24-26-28-30-32-34-36-41(44)46-39-40(38-43)47-42(45)37-35-33-31-29-27-25-22-20-18-16-14-12-10-8-6-4-2/h40,43H,3-39H2,1-2H3/t40-/m0/s1. The SMILES string of the molecule is CCCCCCCCCCCCCCCCCCCC(=O)OC[C@H](CO)OC(=O)CCCCCCCCCCCCCCCCCC. The summed E-state index contributed by atoms with van der Waals surface area (Å²) in [6, 6.07) is 0. The van der Waals surface area contributed by atoms with Gasteiger partial charge in [-0.25, -0.2) is 0 Å². The number of esters is 2. The van der Waals surface area contributed by atoms with E-state index in [9.17, 15) is 14.7 Å². The Kier molecular flexibility index (Phi) is 38.4. The first-order valence-electron chi connectivity index (χ1n) is 21.1. The first-order chi connectivity index (χ1) is 23.1. The maximum absolute atomic E-state index is 12.2. The number of carbonyl (C=O) groups excluding carboxylic acids is 2. The van der Waals surface area contributed by atoms with Gasteiger partial charge in [-0.05, 0) is 12.8 Å². The lowest BCUT2D eigenvalue weighted by molar-refractivity contribution is -0.161. The van der Waals surface area contributed by atoms with Gasteiger partial charge in [-0.2, -0.15) is 0 Å². The summed E-state index contributed by atoms with van der Waals surface area (Å²) in [5.41, 5.74) is 0. The van der Waals surface area contributed by atoms with Crippen LogP contribution in [0.5, 0.6) is 0 Å². The lowest BCUT2D eigenvalue weighted by Crippen LogP contribution is -2.28. The number of hydrogen-bond acceptors (Lipinski definition) is 5. The molecule has 0 aromatic heterocycles. The number of rotatable bonds is 39. The predicted molar refractivity (Wildman–Crippen MR) is 201 cm³/mol. The third-order valence-electron chi connectivity index (χ3n) is 9.65. The number of aliphatic hydroxyl groups is 1. The molecule has 0 fully saturated rings. The van der Waals surface area contributed by atoms with Gasteiger partial charge < -0.3 is 14.6 Å². The van der Waals surface area contributed by atoms with E-state index >= 15 is 0 Å². The summed E-state index contributed by atoms with van der Waals surface area (Å²) < 4.78 is 10.6. The van der Waals surface area contributed by atoms with Crippen LogP contribution >= 0.6 is 0 Å². The summed E-state index contributed by atoms with van der Waals surface area (Å²) in [7, 11) is 0. The highest BCUT2D eigenvalue weighted by Gasteiger charge is 2.16. The van der Waals surface area contributed by atoms with Crippen molar-refractivity contribution in [3.05, 3.63) is 0 Å². The Morgan fingerprint density at radius 1 is 0.404 bits per heavy atom. The molecule has 0 aliphatic carbocycles. The average molecular weight is 667 g/mol.